The lowest BCUT2D eigenvalue weighted by Gasteiger charge is -2.31. The van der Waals surface area contributed by atoms with Crippen LogP contribution in [0.15, 0.2) is 42.6 Å². The third kappa shape index (κ3) is 3.02. The number of hydrogen-bond donors (Lipinski definition) is 2. The second-order valence-electron chi connectivity index (χ2n) is 7.52. The van der Waals surface area contributed by atoms with Crippen LogP contribution in [0.5, 0.6) is 0 Å². The molecule has 1 aromatic heterocycles. The summed E-state index contributed by atoms with van der Waals surface area (Å²) in [7, 11) is 0. The van der Waals surface area contributed by atoms with Gasteiger partial charge in [-0.25, -0.2) is 0 Å². The van der Waals surface area contributed by atoms with E-state index in [9.17, 15) is 15.0 Å². The molecule has 4 atom stereocenters. The molecule has 5 nitrogen and oxygen atoms in total. The lowest BCUT2D eigenvalue weighted by molar-refractivity contribution is -0.0372. The van der Waals surface area contributed by atoms with Crippen molar-refractivity contribution >= 4 is 5.91 Å². The molecule has 2 aliphatic rings. The fourth-order valence-corrected chi connectivity index (χ4v) is 4.43. The molecule has 2 N–H and O–H groups in total. The highest BCUT2D eigenvalue weighted by Crippen LogP contribution is 2.38. The molecule has 0 radical (unpaired) electrons. The average molecular weight is 352 g/mol. The van der Waals surface area contributed by atoms with Crippen molar-refractivity contribution in [2.24, 2.45) is 11.8 Å². The highest BCUT2D eigenvalue weighted by Gasteiger charge is 2.43. The molecule has 0 unspecified atom stereocenters. The number of aliphatic hydroxyl groups is 2. The quantitative estimate of drug-likeness (QED) is 0.869. The van der Waals surface area contributed by atoms with Crippen LogP contribution in [0.3, 0.4) is 0 Å². The summed E-state index contributed by atoms with van der Waals surface area (Å²) in [4.78, 5) is 19.5. The third-order valence-corrected chi connectivity index (χ3v) is 5.84. The zero-order chi connectivity index (χ0) is 18.3. The number of aliphatic hydroxyl groups excluding tert-OH is 2. The van der Waals surface area contributed by atoms with Gasteiger partial charge in [-0.15, -0.1) is 0 Å². The van der Waals surface area contributed by atoms with Crippen molar-refractivity contribution in [2.45, 2.75) is 32.0 Å². The molecule has 1 saturated heterocycles. The van der Waals surface area contributed by atoms with Gasteiger partial charge >= 0.3 is 0 Å². The second-order valence-corrected chi connectivity index (χ2v) is 7.52. The maximum Gasteiger partial charge on any atom is 0.256 e. The summed E-state index contributed by atoms with van der Waals surface area (Å²) in [5.41, 5.74) is 3.28. The van der Waals surface area contributed by atoms with Gasteiger partial charge in [0.2, 0.25) is 0 Å². The van der Waals surface area contributed by atoms with Crippen molar-refractivity contribution in [3.8, 4) is 11.1 Å². The smallest absolute Gasteiger partial charge is 0.256 e. The molecule has 1 aromatic carbocycles. The van der Waals surface area contributed by atoms with Crippen LogP contribution in [0.2, 0.25) is 0 Å². The maximum absolute atomic E-state index is 13.3. The molecule has 0 spiro atoms. The Morgan fingerprint density at radius 3 is 2.27 bits per heavy atom. The van der Waals surface area contributed by atoms with E-state index in [-0.39, 0.29) is 17.7 Å². The van der Waals surface area contributed by atoms with E-state index in [2.05, 4.69) is 4.98 Å². The Morgan fingerprint density at radius 2 is 1.65 bits per heavy atom. The Balaban J connectivity index is 1.64. The third-order valence-electron chi connectivity index (χ3n) is 5.84. The molecular formula is C21H24N2O3. The number of aromatic nitrogens is 1. The van der Waals surface area contributed by atoms with Crippen molar-refractivity contribution in [1.29, 1.82) is 0 Å². The summed E-state index contributed by atoms with van der Waals surface area (Å²) >= 11 is 0. The van der Waals surface area contributed by atoms with Crippen LogP contribution in [0.4, 0.5) is 0 Å². The average Bonchev–Trinajstić information content (AvgIpc) is 3.05. The van der Waals surface area contributed by atoms with Crippen LogP contribution in [-0.2, 0) is 0 Å². The zero-order valence-corrected chi connectivity index (χ0v) is 14.9. The van der Waals surface area contributed by atoms with Crippen LogP contribution in [0, 0.1) is 18.8 Å². The predicted molar refractivity (Wildman–Crippen MR) is 98.5 cm³/mol. The van der Waals surface area contributed by atoms with Gasteiger partial charge in [0.15, 0.2) is 0 Å². The van der Waals surface area contributed by atoms with Gasteiger partial charge in [0.25, 0.3) is 5.91 Å². The van der Waals surface area contributed by atoms with Gasteiger partial charge in [0.05, 0.1) is 23.5 Å². The highest BCUT2D eigenvalue weighted by atomic mass is 16.3. The summed E-state index contributed by atoms with van der Waals surface area (Å²) in [6.45, 7) is 3.14. The molecule has 0 bridgehead atoms. The van der Waals surface area contributed by atoms with E-state index in [1.165, 1.54) is 0 Å². The highest BCUT2D eigenvalue weighted by molar-refractivity contribution is 6.02. The molecule has 5 heteroatoms. The topological polar surface area (TPSA) is 73.7 Å². The number of rotatable bonds is 2. The van der Waals surface area contributed by atoms with Crippen molar-refractivity contribution < 1.29 is 15.0 Å². The Bertz CT molecular complexity index is 790. The van der Waals surface area contributed by atoms with Gasteiger partial charge in [0.1, 0.15) is 0 Å². The first-order valence-electron chi connectivity index (χ1n) is 9.21. The van der Waals surface area contributed by atoms with E-state index in [0.717, 1.165) is 16.8 Å². The first kappa shape index (κ1) is 17.2. The van der Waals surface area contributed by atoms with Gasteiger partial charge in [0, 0.05) is 19.3 Å². The first-order valence-corrected chi connectivity index (χ1v) is 9.21. The predicted octanol–water partition coefficient (Wildman–Crippen LogP) is 2.26. The number of fused-ring (bicyclic) bond motifs is 1. The molecule has 136 valence electrons. The Labute approximate surface area is 153 Å². The van der Waals surface area contributed by atoms with Gasteiger partial charge < -0.3 is 15.1 Å². The van der Waals surface area contributed by atoms with Crippen LogP contribution >= 0.6 is 0 Å². The van der Waals surface area contributed by atoms with Crippen LogP contribution < -0.4 is 0 Å². The molecule has 1 amide bonds. The van der Waals surface area contributed by atoms with E-state index in [4.69, 9.17) is 0 Å². The van der Waals surface area contributed by atoms with Crippen LogP contribution in [0.1, 0.15) is 28.9 Å². The zero-order valence-electron chi connectivity index (χ0n) is 14.9. The fraction of sp³-hybridized carbons (Fsp3) is 0.429. The number of carbonyl (C=O) groups is 1. The minimum Gasteiger partial charge on any atom is -0.390 e. The summed E-state index contributed by atoms with van der Waals surface area (Å²) < 4.78 is 0. The van der Waals surface area contributed by atoms with E-state index in [1.54, 1.807) is 6.20 Å². The first-order chi connectivity index (χ1) is 12.5. The fourth-order valence-electron chi connectivity index (χ4n) is 4.43. The number of aryl methyl sites for hydroxylation is 1. The van der Waals surface area contributed by atoms with Crippen molar-refractivity contribution in [3.63, 3.8) is 0 Å². The van der Waals surface area contributed by atoms with Crippen molar-refractivity contribution in [3.05, 3.63) is 53.9 Å². The number of amides is 1. The summed E-state index contributed by atoms with van der Waals surface area (Å²) in [5, 5.41) is 19.9. The largest absolute Gasteiger partial charge is 0.390 e. The van der Waals surface area contributed by atoms with Crippen molar-refractivity contribution in [2.75, 3.05) is 13.1 Å². The van der Waals surface area contributed by atoms with Gasteiger partial charge in [-0.3, -0.25) is 9.78 Å². The maximum atomic E-state index is 13.3. The normalized spacial score (nSPS) is 28.0. The number of nitrogens with zero attached hydrogens (tertiary/aromatic N) is 2. The Hall–Kier alpha value is -2.24. The number of carbonyl (C=O) groups excluding carboxylic acids is 1. The Morgan fingerprint density at radius 1 is 1.04 bits per heavy atom. The van der Waals surface area contributed by atoms with Gasteiger partial charge in [-0.05, 0) is 48.8 Å². The number of pyridine rings is 1. The minimum atomic E-state index is -0.675. The van der Waals surface area contributed by atoms with Crippen LogP contribution in [0.25, 0.3) is 11.1 Å². The molecule has 2 aromatic rings. The summed E-state index contributed by atoms with van der Waals surface area (Å²) in [5.74, 6) is 0.511. The van der Waals surface area contributed by atoms with Crippen molar-refractivity contribution in [1.82, 2.24) is 9.88 Å². The second kappa shape index (κ2) is 6.82. The number of likely N-dealkylation sites (tertiary alicyclic amines) is 1. The number of benzene rings is 1. The van der Waals surface area contributed by atoms with Gasteiger partial charge in [-0.2, -0.15) is 0 Å². The summed E-state index contributed by atoms with van der Waals surface area (Å²) in [6.07, 6.45) is 1.52. The lowest BCUT2D eigenvalue weighted by Crippen LogP contribution is -2.38. The Kier molecular flexibility index (Phi) is 4.51. The minimum absolute atomic E-state index is 0.00664. The summed E-state index contributed by atoms with van der Waals surface area (Å²) in [6, 6.07) is 11.8. The monoisotopic (exact) mass is 352 g/mol. The molecular weight excluding hydrogens is 328 g/mol. The molecule has 2 heterocycles. The van der Waals surface area contributed by atoms with Gasteiger partial charge in [-0.1, -0.05) is 30.3 Å². The van der Waals surface area contributed by atoms with E-state index >= 15 is 0 Å². The standard InChI is InChI=1S/C21H24N2O3/c1-13-20(17(7-8-22-13)14-5-3-2-4-6-14)21(26)23-11-15-9-18(24)19(25)10-16(15)12-23/h2-8,15-16,18-19,24-25H,9-12H2,1H3/t15-,16+,18+,19-. The molecule has 1 aliphatic heterocycles. The SMILES string of the molecule is Cc1nccc(-c2ccccc2)c1C(=O)N1C[C@H]2C[C@H](O)[C@H](O)C[C@H]2C1. The number of hydrogen-bond acceptors (Lipinski definition) is 4. The molecule has 1 saturated carbocycles. The molecule has 26 heavy (non-hydrogen) atoms. The molecule has 2 fully saturated rings. The van der Waals surface area contributed by atoms with E-state index < -0.39 is 12.2 Å². The lowest BCUT2D eigenvalue weighted by atomic mass is 9.79. The van der Waals surface area contributed by atoms with Crippen LogP contribution in [-0.4, -0.2) is 51.3 Å². The molecule has 1 aliphatic carbocycles. The van der Waals surface area contributed by atoms with E-state index in [0.29, 0.717) is 31.5 Å². The van der Waals surface area contributed by atoms with E-state index in [1.807, 2.05) is 48.2 Å². The molecule has 4 rings (SSSR count).